The van der Waals surface area contributed by atoms with Crippen LogP contribution in [0.3, 0.4) is 0 Å². The SMILES string of the molecule is CC(C)(C)OC(=O)C=Cc1ccc(CC(=O)Nc2ccc(C(=O)c3ccccc3)cc2N)cc1. The molecule has 0 unspecified atom stereocenters. The predicted molar refractivity (Wildman–Crippen MR) is 134 cm³/mol. The Morgan fingerprint density at radius 3 is 2.21 bits per heavy atom. The number of nitrogens with two attached hydrogens (primary N) is 1. The number of nitrogens with one attached hydrogen (secondary N) is 1. The number of ether oxygens (including phenoxy) is 1. The number of nitrogen functional groups attached to an aromatic ring is 1. The minimum absolute atomic E-state index is 0.133. The smallest absolute Gasteiger partial charge is 0.331 e. The number of hydrogen-bond acceptors (Lipinski definition) is 5. The summed E-state index contributed by atoms with van der Waals surface area (Å²) in [5.41, 5.74) is 8.96. The summed E-state index contributed by atoms with van der Waals surface area (Å²) in [5.74, 6) is -0.776. The molecule has 0 saturated carbocycles. The van der Waals surface area contributed by atoms with Crippen molar-refractivity contribution in [3.8, 4) is 0 Å². The number of anilines is 2. The van der Waals surface area contributed by atoms with Gasteiger partial charge in [0.25, 0.3) is 0 Å². The van der Waals surface area contributed by atoms with Crippen LogP contribution in [0.2, 0.25) is 0 Å². The topological polar surface area (TPSA) is 98.5 Å². The fourth-order valence-electron chi connectivity index (χ4n) is 3.20. The molecule has 0 aliphatic rings. The monoisotopic (exact) mass is 456 g/mol. The molecule has 1 amide bonds. The Balaban J connectivity index is 1.58. The molecule has 3 aromatic rings. The molecular weight excluding hydrogens is 428 g/mol. The minimum atomic E-state index is -0.542. The van der Waals surface area contributed by atoms with Crippen LogP contribution in [0, 0.1) is 0 Å². The maximum atomic E-state index is 12.6. The summed E-state index contributed by atoms with van der Waals surface area (Å²) in [6, 6.07) is 21.1. The third-order valence-electron chi connectivity index (χ3n) is 4.79. The first-order valence-electron chi connectivity index (χ1n) is 10.9. The molecular formula is C28H28N2O4. The van der Waals surface area contributed by atoms with Crippen LogP contribution in [0.4, 0.5) is 11.4 Å². The summed E-state index contributed by atoms with van der Waals surface area (Å²) in [7, 11) is 0. The highest BCUT2D eigenvalue weighted by Crippen LogP contribution is 2.22. The van der Waals surface area contributed by atoms with E-state index in [1.54, 1.807) is 48.5 Å². The number of hydrogen-bond donors (Lipinski definition) is 2. The van der Waals surface area contributed by atoms with Gasteiger partial charge in [-0.05, 0) is 56.2 Å². The average molecular weight is 457 g/mol. The van der Waals surface area contributed by atoms with Gasteiger partial charge in [0.05, 0.1) is 17.8 Å². The number of esters is 1. The van der Waals surface area contributed by atoms with Gasteiger partial charge in [0.15, 0.2) is 5.78 Å². The van der Waals surface area contributed by atoms with Gasteiger partial charge in [-0.2, -0.15) is 0 Å². The molecule has 3 rings (SSSR count). The van der Waals surface area contributed by atoms with Crippen molar-refractivity contribution in [2.24, 2.45) is 0 Å². The first kappa shape index (κ1) is 24.5. The second kappa shape index (κ2) is 10.6. The molecule has 6 nitrogen and oxygen atoms in total. The van der Waals surface area contributed by atoms with Crippen molar-refractivity contribution in [1.29, 1.82) is 0 Å². The summed E-state index contributed by atoms with van der Waals surface area (Å²) < 4.78 is 5.24. The zero-order valence-electron chi connectivity index (χ0n) is 19.5. The van der Waals surface area contributed by atoms with Gasteiger partial charge in [-0.15, -0.1) is 0 Å². The Labute approximate surface area is 199 Å². The fraction of sp³-hybridized carbons (Fsp3) is 0.179. The standard InChI is InChI=1S/C28H28N2O4/c1-28(2,3)34-26(32)16-13-19-9-11-20(12-10-19)17-25(31)30-24-15-14-22(18-23(24)29)27(33)21-7-5-4-6-8-21/h4-16,18H,17,29H2,1-3H3,(H,30,31). The molecule has 3 N–H and O–H groups in total. The van der Waals surface area contributed by atoms with Gasteiger partial charge in [-0.3, -0.25) is 9.59 Å². The van der Waals surface area contributed by atoms with E-state index in [0.29, 0.717) is 22.5 Å². The zero-order valence-corrected chi connectivity index (χ0v) is 19.5. The van der Waals surface area contributed by atoms with Crippen molar-refractivity contribution >= 4 is 35.1 Å². The van der Waals surface area contributed by atoms with E-state index < -0.39 is 11.6 Å². The van der Waals surface area contributed by atoms with Crippen molar-refractivity contribution < 1.29 is 19.1 Å². The minimum Gasteiger partial charge on any atom is -0.457 e. The molecule has 6 heteroatoms. The molecule has 0 atom stereocenters. The van der Waals surface area contributed by atoms with E-state index in [1.807, 2.05) is 51.1 Å². The third kappa shape index (κ3) is 7.17. The highest BCUT2D eigenvalue weighted by Gasteiger charge is 2.14. The summed E-state index contributed by atoms with van der Waals surface area (Å²) in [4.78, 5) is 36.9. The number of rotatable bonds is 7. The summed E-state index contributed by atoms with van der Waals surface area (Å²) in [6.45, 7) is 5.43. The van der Waals surface area contributed by atoms with Gasteiger partial charge in [0.2, 0.25) is 5.91 Å². The second-order valence-electron chi connectivity index (χ2n) is 8.83. The molecule has 0 aromatic heterocycles. The molecule has 174 valence electrons. The van der Waals surface area contributed by atoms with Crippen LogP contribution in [-0.2, 0) is 20.7 Å². The largest absolute Gasteiger partial charge is 0.457 e. The van der Waals surface area contributed by atoms with E-state index in [9.17, 15) is 14.4 Å². The normalized spacial score (nSPS) is 11.3. The molecule has 0 spiro atoms. The quantitative estimate of drug-likeness (QED) is 0.225. The van der Waals surface area contributed by atoms with E-state index in [0.717, 1.165) is 11.1 Å². The van der Waals surface area contributed by atoms with Crippen molar-refractivity contribution in [1.82, 2.24) is 0 Å². The fourth-order valence-corrected chi connectivity index (χ4v) is 3.20. The molecule has 0 heterocycles. The molecule has 3 aromatic carbocycles. The van der Waals surface area contributed by atoms with Crippen molar-refractivity contribution in [2.75, 3.05) is 11.1 Å². The summed E-state index contributed by atoms with van der Waals surface area (Å²) in [6.07, 6.45) is 3.19. The lowest BCUT2D eigenvalue weighted by atomic mass is 10.0. The van der Waals surface area contributed by atoms with E-state index in [2.05, 4.69) is 5.32 Å². The van der Waals surface area contributed by atoms with Crippen LogP contribution in [0.15, 0.2) is 78.9 Å². The lowest BCUT2D eigenvalue weighted by molar-refractivity contribution is -0.148. The number of carbonyl (C=O) groups is 3. The molecule has 34 heavy (non-hydrogen) atoms. The lowest BCUT2D eigenvalue weighted by Crippen LogP contribution is -2.22. The van der Waals surface area contributed by atoms with Crippen LogP contribution in [0.1, 0.15) is 47.8 Å². The highest BCUT2D eigenvalue weighted by molar-refractivity contribution is 6.10. The van der Waals surface area contributed by atoms with Gasteiger partial charge in [-0.1, -0.05) is 54.6 Å². The van der Waals surface area contributed by atoms with Crippen molar-refractivity contribution in [3.63, 3.8) is 0 Å². The first-order chi connectivity index (χ1) is 16.1. The number of carbonyl (C=O) groups excluding carboxylic acids is 3. The Hall–Kier alpha value is -4.19. The van der Waals surface area contributed by atoms with Gasteiger partial charge in [0, 0.05) is 17.2 Å². The van der Waals surface area contributed by atoms with E-state index in [1.165, 1.54) is 6.08 Å². The second-order valence-corrected chi connectivity index (χ2v) is 8.83. The maximum Gasteiger partial charge on any atom is 0.331 e. The molecule has 0 bridgehead atoms. The summed E-state index contributed by atoms with van der Waals surface area (Å²) >= 11 is 0. The third-order valence-corrected chi connectivity index (χ3v) is 4.79. The highest BCUT2D eigenvalue weighted by atomic mass is 16.6. The van der Waals surface area contributed by atoms with E-state index in [-0.39, 0.29) is 18.1 Å². The molecule has 0 radical (unpaired) electrons. The van der Waals surface area contributed by atoms with Crippen LogP contribution in [0.25, 0.3) is 6.08 Å². The Morgan fingerprint density at radius 1 is 0.912 bits per heavy atom. The van der Waals surface area contributed by atoms with Crippen LogP contribution in [-0.4, -0.2) is 23.3 Å². The van der Waals surface area contributed by atoms with Crippen LogP contribution < -0.4 is 11.1 Å². The van der Waals surface area contributed by atoms with Crippen LogP contribution in [0.5, 0.6) is 0 Å². The number of benzene rings is 3. The average Bonchev–Trinajstić information content (AvgIpc) is 2.79. The number of amides is 1. The Bertz CT molecular complexity index is 1210. The number of ketones is 1. The molecule has 0 fully saturated rings. The Morgan fingerprint density at radius 2 is 1.59 bits per heavy atom. The van der Waals surface area contributed by atoms with E-state index >= 15 is 0 Å². The van der Waals surface area contributed by atoms with E-state index in [4.69, 9.17) is 10.5 Å². The van der Waals surface area contributed by atoms with Gasteiger partial charge in [0.1, 0.15) is 5.60 Å². The lowest BCUT2D eigenvalue weighted by Gasteiger charge is -2.17. The first-order valence-corrected chi connectivity index (χ1v) is 10.9. The van der Waals surface area contributed by atoms with Gasteiger partial charge < -0.3 is 15.8 Å². The molecule has 0 aliphatic heterocycles. The van der Waals surface area contributed by atoms with Crippen LogP contribution >= 0.6 is 0 Å². The maximum absolute atomic E-state index is 12.6. The predicted octanol–water partition coefficient (Wildman–Crippen LogP) is 5.04. The zero-order chi connectivity index (χ0) is 24.7. The van der Waals surface area contributed by atoms with Crippen molar-refractivity contribution in [2.45, 2.75) is 32.8 Å². The van der Waals surface area contributed by atoms with Gasteiger partial charge in [-0.25, -0.2) is 4.79 Å². The molecule has 0 aliphatic carbocycles. The summed E-state index contributed by atoms with van der Waals surface area (Å²) in [5, 5.41) is 2.79. The van der Waals surface area contributed by atoms with Crippen molar-refractivity contribution in [3.05, 3.63) is 101 Å². The van der Waals surface area contributed by atoms with Gasteiger partial charge >= 0.3 is 5.97 Å². The Kier molecular flexibility index (Phi) is 7.64. The molecule has 0 saturated heterocycles.